The van der Waals surface area contributed by atoms with Crippen LogP contribution in [0.25, 0.3) is 10.9 Å². The van der Waals surface area contributed by atoms with Crippen LogP contribution >= 0.6 is 0 Å². The maximum Gasteiger partial charge on any atom is 0.310 e. The minimum atomic E-state index is -0.333. The van der Waals surface area contributed by atoms with E-state index in [1.54, 1.807) is 6.07 Å². The number of aryl methyl sites for hydroxylation is 1. The zero-order chi connectivity index (χ0) is 16.4. The van der Waals surface area contributed by atoms with E-state index in [9.17, 15) is 9.18 Å². The Morgan fingerprint density at radius 1 is 1.39 bits per heavy atom. The zero-order valence-electron chi connectivity index (χ0n) is 13.3. The van der Waals surface area contributed by atoms with Crippen LogP contribution in [0.4, 0.5) is 10.1 Å². The van der Waals surface area contributed by atoms with Gasteiger partial charge in [0.1, 0.15) is 5.82 Å². The number of esters is 1. The number of benzene rings is 1. The number of ether oxygens (including phenoxy) is 2. The number of rotatable bonds is 3. The van der Waals surface area contributed by atoms with E-state index in [1.165, 1.54) is 19.2 Å². The van der Waals surface area contributed by atoms with Gasteiger partial charge in [0.05, 0.1) is 37.9 Å². The number of carbonyl (C=O) groups excluding carboxylic acids is 1. The molecule has 3 rings (SSSR count). The van der Waals surface area contributed by atoms with Crippen LogP contribution in [0.5, 0.6) is 0 Å². The number of halogens is 1. The average molecular weight is 318 g/mol. The summed E-state index contributed by atoms with van der Waals surface area (Å²) >= 11 is 0. The molecule has 0 radical (unpaired) electrons. The molecule has 6 heteroatoms. The highest BCUT2D eigenvalue weighted by atomic mass is 19.1. The highest BCUT2D eigenvalue weighted by molar-refractivity contribution is 5.95. The molecule has 0 amide bonds. The first-order valence-corrected chi connectivity index (χ1v) is 7.58. The van der Waals surface area contributed by atoms with Gasteiger partial charge in [-0.1, -0.05) is 0 Å². The van der Waals surface area contributed by atoms with E-state index in [-0.39, 0.29) is 18.2 Å². The monoisotopic (exact) mass is 318 g/mol. The summed E-state index contributed by atoms with van der Waals surface area (Å²) in [5, 5.41) is 0.719. The fourth-order valence-electron chi connectivity index (χ4n) is 2.95. The topological polar surface area (TPSA) is 51.7 Å². The molecule has 2 aromatic rings. The number of anilines is 1. The number of nitrogens with zero attached hydrogens (tertiary/aromatic N) is 2. The van der Waals surface area contributed by atoms with Crippen molar-refractivity contribution in [2.45, 2.75) is 13.3 Å². The molecule has 1 aliphatic rings. The Labute approximate surface area is 134 Å². The third kappa shape index (κ3) is 3.12. The van der Waals surface area contributed by atoms with Crippen molar-refractivity contribution in [3.05, 3.63) is 35.3 Å². The Morgan fingerprint density at radius 3 is 2.83 bits per heavy atom. The predicted octanol–water partition coefficient (Wildman–Crippen LogP) is 2.23. The lowest BCUT2D eigenvalue weighted by atomic mass is 10.0. The molecule has 2 heterocycles. The van der Waals surface area contributed by atoms with E-state index >= 15 is 0 Å². The van der Waals surface area contributed by atoms with Gasteiger partial charge >= 0.3 is 5.97 Å². The number of morpholine rings is 1. The second-order valence-electron chi connectivity index (χ2n) is 5.54. The summed E-state index contributed by atoms with van der Waals surface area (Å²) in [5.41, 5.74) is 3.13. The molecular formula is C17H19FN2O3. The lowest BCUT2D eigenvalue weighted by molar-refractivity contribution is -0.139. The number of carbonyl (C=O) groups is 1. The van der Waals surface area contributed by atoms with E-state index < -0.39 is 0 Å². The Balaban J connectivity index is 2.21. The van der Waals surface area contributed by atoms with Gasteiger partial charge in [0.15, 0.2) is 0 Å². The third-order valence-corrected chi connectivity index (χ3v) is 4.10. The first-order valence-electron chi connectivity index (χ1n) is 7.58. The molecule has 1 saturated heterocycles. The molecule has 1 aromatic heterocycles. The van der Waals surface area contributed by atoms with E-state index in [4.69, 9.17) is 9.47 Å². The minimum absolute atomic E-state index is 0.120. The summed E-state index contributed by atoms with van der Waals surface area (Å²) in [5.74, 6) is -0.651. The number of hydrogen-bond donors (Lipinski definition) is 0. The smallest absolute Gasteiger partial charge is 0.310 e. The number of aromatic nitrogens is 1. The van der Waals surface area contributed by atoms with E-state index in [0.29, 0.717) is 26.3 Å². The zero-order valence-corrected chi connectivity index (χ0v) is 13.3. The van der Waals surface area contributed by atoms with Crippen molar-refractivity contribution >= 4 is 22.6 Å². The summed E-state index contributed by atoms with van der Waals surface area (Å²) in [6.45, 7) is 4.48. The third-order valence-electron chi connectivity index (χ3n) is 4.10. The molecule has 23 heavy (non-hydrogen) atoms. The molecule has 0 aliphatic carbocycles. The first-order chi connectivity index (χ1) is 11.1. The SMILES string of the molecule is COC(=O)Cc1c(C)nc2ccc(F)cc2c1N1CCOCC1. The van der Waals surface area contributed by atoms with Crippen molar-refractivity contribution in [3.8, 4) is 0 Å². The van der Waals surface area contributed by atoms with Gasteiger partial charge in [-0.15, -0.1) is 0 Å². The van der Waals surface area contributed by atoms with Gasteiger partial charge in [-0.25, -0.2) is 4.39 Å². The van der Waals surface area contributed by atoms with Crippen molar-refractivity contribution in [2.24, 2.45) is 0 Å². The lowest BCUT2D eigenvalue weighted by Crippen LogP contribution is -2.37. The Kier molecular flexibility index (Phi) is 4.43. The van der Waals surface area contributed by atoms with Gasteiger partial charge in [-0.05, 0) is 25.1 Å². The van der Waals surface area contributed by atoms with Crippen LogP contribution in [0, 0.1) is 12.7 Å². The van der Waals surface area contributed by atoms with Crippen molar-refractivity contribution in [2.75, 3.05) is 38.3 Å². The summed E-state index contributed by atoms with van der Waals surface area (Å²) in [6, 6.07) is 4.55. The fourth-order valence-corrected chi connectivity index (χ4v) is 2.95. The van der Waals surface area contributed by atoms with Crippen LogP contribution < -0.4 is 4.90 Å². The number of methoxy groups -OCH3 is 1. The summed E-state index contributed by atoms with van der Waals surface area (Å²) in [7, 11) is 1.36. The van der Waals surface area contributed by atoms with Crippen molar-refractivity contribution in [3.63, 3.8) is 0 Å². The van der Waals surface area contributed by atoms with Gasteiger partial charge in [-0.2, -0.15) is 0 Å². The van der Waals surface area contributed by atoms with Gasteiger partial charge < -0.3 is 14.4 Å². The Hall–Kier alpha value is -2.21. The maximum atomic E-state index is 13.8. The van der Waals surface area contributed by atoms with Gasteiger partial charge in [0, 0.05) is 29.7 Å². The molecule has 1 fully saturated rings. The van der Waals surface area contributed by atoms with Crippen LogP contribution in [-0.2, 0) is 20.7 Å². The summed E-state index contributed by atoms with van der Waals surface area (Å²) in [6.07, 6.45) is 0.120. The standard InChI is InChI=1S/C17H19FN2O3/c1-11-13(10-16(21)22-2)17(20-5-7-23-8-6-20)14-9-12(18)3-4-15(14)19-11/h3-4,9H,5-8,10H2,1-2H3. The Bertz CT molecular complexity index is 742. The summed E-state index contributed by atoms with van der Waals surface area (Å²) in [4.78, 5) is 18.5. The summed E-state index contributed by atoms with van der Waals surface area (Å²) < 4.78 is 24.0. The quantitative estimate of drug-likeness (QED) is 0.812. The number of fused-ring (bicyclic) bond motifs is 1. The van der Waals surface area contributed by atoms with Gasteiger partial charge in [0.25, 0.3) is 0 Å². The normalized spacial score (nSPS) is 15.0. The van der Waals surface area contributed by atoms with Gasteiger partial charge in [-0.3, -0.25) is 9.78 Å². The van der Waals surface area contributed by atoms with Gasteiger partial charge in [0.2, 0.25) is 0 Å². The molecular weight excluding hydrogens is 299 g/mol. The molecule has 0 atom stereocenters. The molecule has 0 bridgehead atoms. The number of hydrogen-bond acceptors (Lipinski definition) is 5. The molecule has 0 saturated carbocycles. The largest absolute Gasteiger partial charge is 0.469 e. The molecule has 0 N–H and O–H groups in total. The van der Waals surface area contributed by atoms with E-state index in [0.717, 1.165) is 27.8 Å². The Morgan fingerprint density at radius 2 is 2.13 bits per heavy atom. The second-order valence-corrected chi connectivity index (χ2v) is 5.54. The van der Waals surface area contributed by atoms with Crippen molar-refractivity contribution < 1.29 is 18.7 Å². The molecule has 122 valence electrons. The first kappa shape index (κ1) is 15.7. The molecule has 1 aliphatic heterocycles. The van der Waals surface area contributed by atoms with Crippen LogP contribution in [0.3, 0.4) is 0 Å². The van der Waals surface area contributed by atoms with Crippen molar-refractivity contribution in [1.29, 1.82) is 0 Å². The van der Waals surface area contributed by atoms with E-state index in [2.05, 4.69) is 9.88 Å². The molecule has 5 nitrogen and oxygen atoms in total. The van der Waals surface area contributed by atoms with E-state index in [1.807, 2.05) is 6.92 Å². The van der Waals surface area contributed by atoms with Crippen LogP contribution in [0.2, 0.25) is 0 Å². The van der Waals surface area contributed by atoms with Crippen LogP contribution in [-0.4, -0.2) is 44.4 Å². The minimum Gasteiger partial charge on any atom is -0.469 e. The average Bonchev–Trinajstić information content (AvgIpc) is 2.56. The molecule has 0 spiro atoms. The lowest BCUT2D eigenvalue weighted by Gasteiger charge is -2.32. The number of pyridine rings is 1. The fraction of sp³-hybridized carbons (Fsp3) is 0.412. The maximum absolute atomic E-state index is 13.8. The van der Waals surface area contributed by atoms with Crippen LogP contribution in [0.15, 0.2) is 18.2 Å². The van der Waals surface area contributed by atoms with Crippen LogP contribution in [0.1, 0.15) is 11.3 Å². The highest BCUT2D eigenvalue weighted by Gasteiger charge is 2.22. The van der Waals surface area contributed by atoms with Crippen molar-refractivity contribution in [1.82, 2.24) is 4.98 Å². The molecule has 1 aromatic carbocycles. The molecule has 0 unspecified atom stereocenters. The second kappa shape index (κ2) is 6.50. The predicted molar refractivity (Wildman–Crippen MR) is 85.2 cm³/mol. The highest BCUT2D eigenvalue weighted by Crippen LogP contribution is 2.33.